The van der Waals surface area contributed by atoms with Crippen molar-refractivity contribution in [1.82, 2.24) is 10.2 Å². The molecule has 0 saturated carbocycles. The van der Waals surface area contributed by atoms with E-state index in [9.17, 15) is 4.39 Å². The van der Waals surface area contributed by atoms with Gasteiger partial charge in [0.1, 0.15) is 5.82 Å². The van der Waals surface area contributed by atoms with E-state index in [2.05, 4.69) is 37.1 Å². The van der Waals surface area contributed by atoms with Crippen LogP contribution in [0.5, 0.6) is 0 Å². The van der Waals surface area contributed by atoms with Crippen LogP contribution < -0.4 is 5.32 Å². The van der Waals surface area contributed by atoms with Crippen LogP contribution >= 0.6 is 24.8 Å². The Hall–Kier alpha value is -0.350. The zero-order valence-electron chi connectivity index (χ0n) is 13.3. The first-order valence-electron chi connectivity index (χ1n) is 7.11. The zero-order chi connectivity index (χ0) is 14.0. The first kappa shape index (κ1) is 20.6. The summed E-state index contributed by atoms with van der Waals surface area (Å²) in [5, 5.41) is 3.38. The molecular weight excluding hydrogens is 310 g/mol. The van der Waals surface area contributed by atoms with Gasteiger partial charge in [0.05, 0.1) is 0 Å². The monoisotopic (exact) mass is 336 g/mol. The van der Waals surface area contributed by atoms with Crippen LogP contribution in [0.4, 0.5) is 4.39 Å². The Kier molecular flexibility index (Phi) is 8.19. The standard InChI is InChI=1S/C16H25FN2.2ClH/c1-12-13(6-5-7-14(12)17)15(16(2,3)4)19-10-8-18-9-11-19;;/h5-7,15,18H,8-11H2,1-4H3;2*1H/t15-;;/m0../s1. The molecule has 1 aromatic rings. The third-order valence-electron chi connectivity index (χ3n) is 3.94. The van der Waals surface area contributed by atoms with Gasteiger partial charge in [0.2, 0.25) is 0 Å². The molecule has 1 aliphatic rings. The fourth-order valence-corrected chi connectivity index (χ4v) is 3.07. The Morgan fingerprint density at radius 3 is 2.24 bits per heavy atom. The Morgan fingerprint density at radius 2 is 1.71 bits per heavy atom. The van der Waals surface area contributed by atoms with E-state index in [1.807, 2.05) is 13.0 Å². The van der Waals surface area contributed by atoms with Crippen LogP contribution in [0.2, 0.25) is 0 Å². The maximum atomic E-state index is 13.9. The molecule has 1 aromatic carbocycles. The molecule has 1 fully saturated rings. The summed E-state index contributed by atoms with van der Waals surface area (Å²) in [4.78, 5) is 2.48. The molecule has 0 amide bonds. The van der Waals surface area contributed by atoms with Crippen LogP contribution in [0.1, 0.15) is 37.9 Å². The molecule has 122 valence electrons. The second-order valence-corrected chi connectivity index (χ2v) is 6.51. The average molecular weight is 337 g/mol. The fraction of sp³-hybridized carbons (Fsp3) is 0.625. The van der Waals surface area contributed by atoms with Gasteiger partial charge in [0, 0.05) is 32.2 Å². The van der Waals surface area contributed by atoms with Crippen LogP contribution in [-0.2, 0) is 0 Å². The fourth-order valence-electron chi connectivity index (χ4n) is 3.07. The number of piperazine rings is 1. The van der Waals surface area contributed by atoms with Crippen LogP contribution in [-0.4, -0.2) is 31.1 Å². The van der Waals surface area contributed by atoms with E-state index in [1.165, 1.54) is 0 Å². The highest BCUT2D eigenvalue weighted by Crippen LogP contribution is 2.39. The smallest absolute Gasteiger partial charge is 0.126 e. The molecule has 21 heavy (non-hydrogen) atoms. The molecule has 0 bridgehead atoms. The summed E-state index contributed by atoms with van der Waals surface area (Å²) in [5.41, 5.74) is 2.02. The molecule has 0 spiro atoms. The number of benzene rings is 1. The summed E-state index contributed by atoms with van der Waals surface area (Å²) in [5.74, 6) is -0.0955. The van der Waals surface area contributed by atoms with Gasteiger partial charge in [0.15, 0.2) is 0 Å². The van der Waals surface area contributed by atoms with Crippen LogP contribution in [0.15, 0.2) is 18.2 Å². The largest absolute Gasteiger partial charge is 0.314 e. The first-order valence-corrected chi connectivity index (χ1v) is 7.11. The van der Waals surface area contributed by atoms with Gasteiger partial charge in [-0.2, -0.15) is 0 Å². The maximum Gasteiger partial charge on any atom is 0.126 e. The Morgan fingerprint density at radius 1 is 1.14 bits per heavy atom. The van der Waals surface area contributed by atoms with Gasteiger partial charge < -0.3 is 5.32 Å². The summed E-state index contributed by atoms with van der Waals surface area (Å²) in [6.45, 7) is 12.7. The number of hydrogen-bond acceptors (Lipinski definition) is 2. The van der Waals surface area contributed by atoms with Gasteiger partial charge in [-0.3, -0.25) is 4.90 Å². The van der Waals surface area contributed by atoms with E-state index in [0.717, 1.165) is 37.3 Å². The van der Waals surface area contributed by atoms with Crippen LogP contribution in [0, 0.1) is 18.2 Å². The summed E-state index contributed by atoms with van der Waals surface area (Å²) in [6.07, 6.45) is 0. The van der Waals surface area contributed by atoms with Crippen LogP contribution in [0.3, 0.4) is 0 Å². The molecule has 0 aliphatic carbocycles. The van der Waals surface area contributed by atoms with Crippen molar-refractivity contribution in [2.75, 3.05) is 26.2 Å². The number of halogens is 3. The lowest BCUT2D eigenvalue weighted by atomic mass is 9.79. The molecule has 1 N–H and O–H groups in total. The van der Waals surface area contributed by atoms with E-state index < -0.39 is 0 Å². The Balaban J connectivity index is 0.00000200. The van der Waals surface area contributed by atoms with Gasteiger partial charge >= 0.3 is 0 Å². The number of hydrogen-bond donors (Lipinski definition) is 1. The quantitative estimate of drug-likeness (QED) is 0.878. The van der Waals surface area contributed by atoms with Crippen molar-refractivity contribution in [3.8, 4) is 0 Å². The van der Waals surface area contributed by atoms with Crippen LogP contribution in [0.25, 0.3) is 0 Å². The lowest BCUT2D eigenvalue weighted by Crippen LogP contribution is -2.48. The molecule has 0 unspecified atom stereocenters. The zero-order valence-corrected chi connectivity index (χ0v) is 14.9. The van der Waals surface area contributed by atoms with Gasteiger partial charge in [0.25, 0.3) is 0 Å². The molecule has 0 radical (unpaired) electrons. The predicted molar refractivity (Wildman–Crippen MR) is 92.3 cm³/mol. The van der Waals surface area contributed by atoms with Gasteiger partial charge in [-0.05, 0) is 29.5 Å². The highest BCUT2D eigenvalue weighted by Gasteiger charge is 2.33. The molecule has 5 heteroatoms. The molecule has 2 nitrogen and oxygen atoms in total. The maximum absolute atomic E-state index is 13.9. The van der Waals surface area contributed by atoms with E-state index in [-0.39, 0.29) is 42.1 Å². The SMILES string of the molecule is Cc1c(F)cccc1[C@H](N1CCNCC1)C(C)(C)C.Cl.Cl. The third-order valence-corrected chi connectivity index (χ3v) is 3.94. The molecular formula is C16H27Cl2FN2. The van der Waals surface area contributed by atoms with E-state index in [1.54, 1.807) is 6.07 Å². The van der Waals surface area contributed by atoms with Crippen molar-refractivity contribution in [2.24, 2.45) is 5.41 Å². The second-order valence-electron chi connectivity index (χ2n) is 6.51. The Labute approximate surface area is 140 Å². The highest BCUT2D eigenvalue weighted by molar-refractivity contribution is 5.85. The lowest BCUT2D eigenvalue weighted by molar-refractivity contribution is 0.0855. The number of nitrogens with zero attached hydrogens (tertiary/aromatic N) is 1. The molecule has 1 atom stereocenters. The van der Waals surface area contributed by atoms with Crippen molar-refractivity contribution < 1.29 is 4.39 Å². The highest BCUT2D eigenvalue weighted by atomic mass is 35.5. The van der Waals surface area contributed by atoms with Gasteiger partial charge in [-0.15, -0.1) is 24.8 Å². The predicted octanol–water partition coefficient (Wildman–Crippen LogP) is 3.97. The normalized spacial score (nSPS) is 17.6. The Bertz CT molecular complexity index is 440. The summed E-state index contributed by atoms with van der Waals surface area (Å²) >= 11 is 0. The van der Waals surface area contributed by atoms with Gasteiger partial charge in [-0.1, -0.05) is 32.9 Å². The molecule has 1 saturated heterocycles. The molecule has 1 aliphatic heterocycles. The summed E-state index contributed by atoms with van der Waals surface area (Å²) in [7, 11) is 0. The van der Waals surface area contributed by atoms with E-state index in [4.69, 9.17) is 0 Å². The third kappa shape index (κ3) is 4.82. The molecule has 2 rings (SSSR count). The summed E-state index contributed by atoms with van der Waals surface area (Å²) < 4.78 is 13.9. The van der Waals surface area contributed by atoms with E-state index >= 15 is 0 Å². The molecule has 0 aromatic heterocycles. The minimum atomic E-state index is -0.0955. The van der Waals surface area contributed by atoms with Crippen molar-refractivity contribution in [2.45, 2.75) is 33.7 Å². The lowest BCUT2D eigenvalue weighted by Gasteiger charge is -2.43. The van der Waals surface area contributed by atoms with Crippen molar-refractivity contribution in [3.05, 3.63) is 35.1 Å². The van der Waals surface area contributed by atoms with Gasteiger partial charge in [-0.25, -0.2) is 4.39 Å². The second kappa shape index (κ2) is 8.33. The molecule has 1 heterocycles. The first-order chi connectivity index (χ1) is 8.91. The van der Waals surface area contributed by atoms with E-state index in [0.29, 0.717) is 0 Å². The average Bonchev–Trinajstić information content (AvgIpc) is 2.35. The number of nitrogens with one attached hydrogen (secondary N) is 1. The minimum Gasteiger partial charge on any atom is -0.314 e. The van der Waals surface area contributed by atoms with Crippen molar-refractivity contribution in [1.29, 1.82) is 0 Å². The summed E-state index contributed by atoms with van der Waals surface area (Å²) in [6, 6.07) is 5.73. The van der Waals surface area contributed by atoms with Crippen molar-refractivity contribution in [3.63, 3.8) is 0 Å². The topological polar surface area (TPSA) is 15.3 Å². The van der Waals surface area contributed by atoms with Crippen molar-refractivity contribution >= 4 is 24.8 Å². The number of rotatable bonds is 2. The minimum absolute atomic E-state index is 0.